The average molecular weight is 256 g/mol. The molecule has 1 saturated heterocycles. The van der Waals surface area contributed by atoms with Gasteiger partial charge in [-0.3, -0.25) is 4.90 Å². The van der Waals surface area contributed by atoms with Crippen LogP contribution in [-0.2, 0) is 6.54 Å². The summed E-state index contributed by atoms with van der Waals surface area (Å²) in [5, 5.41) is 3.22. The van der Waals surface area contributed by atoms with E-state index in [0.717, 1.165) is 25.2 Å². The van der Waals surface area contributed by atoms with E-state index in [1.165, 1.54) is 0 Å². The molecule has 5 heteroatoms. The van der Waals surface area contributed by atoms with Crippen molar-refractivity contribution in [2.75, 3.05) is 19.6 Å². The fourth-order valence-corrected chi connectivity index (χ4v) is 2.09. The summed E-state index contributed by atoms with van der Waals surface area (Å²) in [7, 11) is 0. The van der Waals surface area contributed by atoms with Gasteiger partial charge in [-0.2, -0.15) is 8.78 Å². The van der Waals surface area contributed by atoms with Crippen LogP contribution in [0, 0.1) is 0 Å². The van der Waals surface area contributed by atoms with E-state index < -0.39 is 6.61 Å². The molecule has 0 unspecified atom stereocenters. The second-order valence-electron chi connectivity index (χ2n) is 4.36. The molecule has 0 spiro atoms. The molecule has 1 aliphatic heterocycles. The lowest BCUT2D eigenvalue weighted by Gasteiger charge is -2.37. The van der Waals surface area contributed by atoms with Crippen LogP contribution >= 0.6 is 0 Å². The number of ether oxygens (including phenoxy) is 1. The fourth-order valence-electron chi connectivity index (χ4n) is 2.09. The van der Waals surface area contributed by atoms with Gasteiger partial charge in [0.15, 0.2) is 0 Å². The smallest absolute Gasteiger partial charge is 0.387 e. The fraction of sp³-hybridized carbons (Fsp3) is 0.538. The molecule has 1 aromatic rings. The van der Waals surface area contributed by atoms with Crippen molar-refractivity contribution in [1.82, 2.24) is 10.2 Å². The summed E-state index contributed by atoms with van der Waals surface area (Å²) in [6.45, 7) is 2.78. The van der Waals surface area contributed by atoms with Crippen LogP contribution in [-0.4, -0.2) is 37.2 Å². The molecule has 0 aromatic heterocycles. The van der Waals surface area contributed by atoms with Gasteiger partial charge in [0.1, 0.15) is 5.75 Å². The Balaban J connectivity index is 2.06. The van der Waals surface area contributed by atoms with E-state index in [-0.39, 0.29) is 5.75 Å². The monoisotopic (exact) mass is 256 g/mol. The van der Waals surface area contributed by atoms with Gasteiger partial charge in [0.25, 0.3) is 0 Å². The van der Waals surface area contributed by atoms with Crippen molar-refractivity contribution in [3.05, 3.63) is 29.8 Å². The number of halogens is 2. The minimum atomic E-state index is -2.77. The summed E-state index contributed by atoms with van der Waals surface area (Å²) < 4.78 is 29.2. The van der Waals surface area contributed by atoms with E-state index in [9.17, 15) is 8.78 Å². The number of benzene rings is 1. The predicted octanol–water partition coefficient (Wildman–Crippen LogP) is 2.08. The van der Waals surface area contributed by atoms with E-state index in [0.29, 0.717) is 12.6 Å². The van der Waals surface area contributed by atoms with Gasteiger partial charge in [0.2, 0.25) is 0 Å². The Hall–Kier alpha value is -1.20. The summed E-state index contributed by atoms with van der Waals surface area (Å²) in [4.78, 5) is 2.27. The molecular formula is C13H18F2N2O. The second-order valence-corrected chi connectivity index (χ2v) is 4.36. The average Bonchev–Trinajstić information content (AvgIpc) is 2.27. The van der Waals surface area contributed by atoms with Gasteiger partial charge in [0, 0.05) is 31.2 Å². The van der Waals surface area contributed by atoms with Crippen molar-refractivity contribution in [2.24, 2.45) is 0 Å². The number of nitrogens with zero attached hydrogens (tertiary/aromatic N) is 1. The van der Waals surface area contributed by atoms with Crippen LogP contribution in [0.3, 0.4) is 0 Å². The highest BCUT2D eigenvalue weighted by molar-refractivity contribution is 5.33. The van der Waals surface area contributed by atoms with Crippen LogP contribution in [0.15, 0.2) is 24.3 Å². The summed E-state index contributed by atoms with van der Waals surface area (Å²) in [6.07, 6.45) is 0. The Morgan fingerprint density at radius 2 is 2.11 bits per heavy atom. The van der Waals surface area contributed by atoms with Gasteiger partial charge >= 0.3 is 6.61 Å². The first-order valence-electron chi connectivity index (χ1n) is 6.18. The van der Waals surface area contributed by atoms with Gasteiger partial charge in [-0.25, -0.2) is 0 Å². The van der Waals surface area contributed by atoms with Crippen molar-refractivity contribution < 1.29 is 13.5 Å². The van der Waals surface area contributed by atoms with Gasteiger partial charge < -0.3 is 10.1 Å². The molecule has 3 nitrogen and oxygen atoms in total. The maximum atomic E-state index is 12.3. The molecule has 0 amide bonds. The lowest BCUT2D eigenvalue weighted by atomic mass is 10.1. The van der Waals surface area contributed by atoms with E-state index >= 15 is 0 Å². The number of nitrogens with one attached hydrogen (secondary N) is 1. The zero-order valence-corrected chi connectivity index (χ0v) is 10.4. The number of hydrogen-bond donors (Lipinski definition) is 1. The summed E-state index contributed by atoms with van der Waals surface area (Å²) in [5.41, 5.74) is 0.812. The molecule has 18 heavy (non-hydrogen) atoms. The lowest BCUT2D eigenvalue weighted by Crippen LogP contribution is -2.56. The van der Waals surface area contributed by atoms with Gasteiger partial charge in [-0.15, -0.1) is 0 Å². The molecule has 1 aromatic carbocycles. The van der Waals surface area contributed by atoms with Crippen molar-refractivity contribution in [2.45, 2.75) is 26.1 Å². The molecule has 1 aliphatic rings. The highest BCUT2D eigenvalue weighted by Crippen LogP contribution is 2.23. The van der Waals surface area contributed by atoms with Crippen LogP contribution in [0.4, 0.5) is 8.78 Å². The van der Waals surface area contributed by atoms with Crippen LogP contribution in [0.25, 0.3) is 0 Å². The Kier molecular flexibility index (Phi) is 4.49. The van der Waals surface area contributed by atoms with Crippen LogP contribution in [0.5, 0.6) is 5.75 Å². The van der Waals surface area contributed by atoms with Gasteiger partial charge in [-0.05, 0) is 12.6 Å². The van der Waals surface area contributed by atoms with Crippen molar-refractivity contribution >= 4 is 0 Å². The van der Waals surface area contributed by atoms with Crippen LogP contribution in [0.2, 0.25) is 0 Å². The van der Waals surface area contributed by atoms with Gasteiger partial charge in [0.05, 0.1) is 0 Å². The second kappa shape index (κ2) is 6.11. The first-order chi connectivity index (χ1) is 8.70. The summed E-state index contributed by atoms with van der Waals surface area (Å²) in [5.74, 6) is 0.276. The van der Waals surface area contributed by atoms with E-state index in [1.807, 2.05) is 12.1 Å². The predicted molar refractivity (Wildman–Crippen MR) is 65.8 cm³/mol. The molecule has 2 rings (SSSR count). The molecule has 100 valence electrons. The minimum Gasteiger partial charge on any atom is -0.434 e. The largest absolute Gasteiger partial charge is 0.434 e. The third-order valence-electron chi connectivity index (χ3n) is 3.24. The molecule has 0 saturated carbocycles. The number of rotatable bonds is 6. The maximum absolute atomic E-state index is 12.3. The van der Waals surface area contributed by atoms with Crippen molar-refractivity contribution in [1.29, 1.82) is 0 Å². The molecule has 1 N–H and O–H groups in total. The molecule has 0 radical (unpaired) electrons. The third kappa shape index (κ3) is 3.17. The van der Waals surface area contributed by atoms with Gasteiger partial charge in [-0.1, -0.05) is 25.1 Å². The Morgan fingerprint density at radius 1 is 1.39 bits per heavy atom. The Labute approximate surface area is 106 Å². The summed E-state index contributed by atoms with van der Waals surface area (Å²) >= 11 is 0. The number of para-hydroxylation sites is 1. The van der Waals surface area contributed by atoms with Crippen LogP contribution < -0.4 is 10.1 Å². The van der Waals surface area contributed by atoms with Crippen molar-refractivity contribution in [3.8, 4) is 5.75 Å². The number of likely N-dealkylation sites (N-methyl/N-ethyl adjacent to an activating group) is 1. The van der Waals surface area contributed by atoms with E-state index in [2.05, 4.69) is 21.9 Å². The van der Waals surface area contributed by atoms with E-state index in [1.54, 1.807) is 12.1 Å². The summed E-state index contributed by atoms with van der Waals surface area (Å²) in [6, 6.07) is 7.48. The number of alkyl halides is 2. The highest BCUT2D eigenvalue weighted by atomic mass is 19.3. The molecule has 1 fully saturated rings. The molecule has 0 bridgehead atoms. The first-order valence-corrected chi connectivity index (χ1v) is 6.18. The third-order valence-corrected chi connectivity index (χ3v) is 3.24. The zero-order valence-electron chi connectivity index (χ0n) is 10.4. The molecule has 1 heterocycles. The SMILES string of the molecule is CCN(Cc1ccccc1OC(F)F)C1CNC1. The zero-order chi connectivity index (χ0) is 13.0. The maximum Gasteiger partial charge on any atom is 0.387 e. The molecule has 0 aliphatic carbocycles. The molecular weight excluding hydrogens is 238 g/mol. The number of hydrogen-bond acceptors (Lipinski definition) is 3. The van der Waals surface area contributed by atoms with Crippen LogP contribution in [0.1, 0.15) is 12.5 Å². The Morgan fingerprint density at radius 3 is 2.67 bits per heavy atom. The molecule has 0 atom stereocenters. The van der Waals surface area contributed by atoms with Crippen molar-refractivity contribution in [3.63, 3.8) is 0 Å². The standard InChI is InChI=1S/C13H18F2N2O/c1-2-17(11-7-16-8-11)9-10-5-3-4-6-12(10)18-13(14)15/h3-6,11,13,16H,2,7-9H2,1H3. The lowest BCUT2D eigenvalue weighted by molar-refractivity contribution is -0.0509. The topological polar surface area (TPSA) is 24.5 Å². The quantitative estimate of drug-likeness (QED) is 0.843. The highest BCUT2D eigenvalue weighted by Gasteiger charge is 2.24. The van der Waals surface area contributed by atoms with E-state index in [4.69, 9.17) is 0 Å². The first kappa shape index (κ1) is 13.2. The Bertz CT molecular complexity index is 383. The minimum absolute atomic E-state index is 0.276. The normalized spacial score (nSPS) is 16.1.